The first-order valence-corrected chi connectivity index (χ1v) is 5.15. The molecule has 6 nitrogen and oxygen atoms in total. The van der Waals surface area contributed by atoms with Crippen LogP contribution in [0.3, 0.4) is 0 Å². The molecular weight excluding hydrogens is 208 g/mol. The van der Waals surface area contributed by atoms with Crippen LogP contribution < -0.4 is 0 Å². The van der Waals surface area contributed by atoms with E-state index in [0.717, 1.165) is 10.8 Å². The molecule has 0 saturated heterocycles. The Morgan fingerprint density at radius 3 is 2.71 bits per heavy atom. The Bertz CT molecular complexity index is 536. The van der Waals surface area contributed by atoms with Crippen molar-refractivity contribution in [3.63, 3.8) is 0 Å². The average molecular weight is 212 g/mol. The van der Waals surface area contributed by atoms with Gasteiger partial charge in [-0.15, -0.1) is 10.2 Å². The van der Waals surface area contributed by atoms with Gasteiger partial charge in [0, 0.05) is 16.4 Å². The Labute approximate surface area is 78.9 Å². The summed E-state index contributed by atoms with van der Waals surface area (Å²) in [7, 11) is -3.47. The van der Waals surface area contributed by atoms with Gasteiger partial charge < -0.3 is 5.11 Å². The van der Waals surface area contributed by atoms with Crippen molar-refractivity contribution in [3.05, 3.63) is 22.5 Å². The highest BCUT2D eigenvalue weighted by atomic mass is 32.2. The molecule has 1 N–H and O–H groups in total. The fourth-order valence-electron chi connectivity index (χ4n) is 1.09. The lowest BCUT2D eigenvalue weighted by Gasteiger charge is -2.03. The maximum Gasteiger partial charge on any atom is 0.357 e. The van der Waals surface area contributed by atoms with Crippen LogP contribution in [0, 0.1) is 0 Å². The summed E-state index contributed by atoms with van der Waals surface area (Å²) < 4.78 is 22.2. The van der Waals surface area contributed by atoms with Crippen molar-refractivity contribution in [1.82, 2.24) is 0 Å². The normalized spacial score (nSPS) is 22.1. The predicted octanol–water partition coefficient (Wildman–Crippen LogP) is -0.292. The van der Waals surface area contributed by atoms with Crippen LogP contribution in [0.15, 0.2) is 32.7 Å². The summed E-state index contributed by atoms with van der Waals surface area (Å²) in [5.41, 5.74) is -0.0369. The quantitative estimate of drug-likeness (QED) is 0.645. The largest absolute Gasteiger partial charge is 0.476 e. The number of hydrogen-bond acceptors (Lipinski definition) is 5. The number of sulfone groups is 1. The van der Waals surface area contributed by atoms with Crippen molar-refractivity contribution < 1.29 is 18.3 Å². The van der Waals surface area contributed by atoms with Crippen LogP contribution in [0.5, 0.6) is 0 Å². The van der Waals surface area contributed by atoms with E-state index in [9.17, 15) is 13.2 Å². The summed E-state index contributed by atoms with van der Waals surface area (Å²) in [5, 5.41) is 17.4. The van der Waals surface area contributed by atoms with E-state index in [1.54, 1.807) is 0 Å². The van der Waals surface area contributed by atoms with Crippen LogP contribution in [-0.2, 0) is 14.6 Å². The van der Waals surface area contributed by atoms with E-state index >= 15 is 0 Å². The van der Waals surface area contributed by atoms with Gasteiger partial charge in [0.15, 0.2) is 15.5 Å². The Morgan fingerprint density at radius 2 is 2.07 bits per heavy atom. The maximum atomic E-state index is 11.1. The molecule has 0 saturated carbocycles. The SMILES string of the molecule is O=C(O)C1=NN=C2C=CS(=O)(=O)C=C21. The summed E-state index contributed by atoms with van der Waals surface area (Å²) in [6, 6.07) is 0. The number of carbonyl (C=O) groups is 1. The molecule has 2 aliphatic rings. The van der Waals surface area contributed by atoms with Gasteiger partial charge in [0.05, 0.1) is 5.71 Å². The minimum atomic E-state index is -3.47. The van der Waals surface area contributed by atoms with E-state index in [2.05, 4.69) is 10.2 Å². The first kappa shape index (κ1) is 8.82. The molecule has 0 atom stereocenters. The van der Waals surface area contributed by atoms with Crippen LogP contribution in [-0.4, -0.2) is 30.9 Å². The number of hydrogen-bond donors (Lipinski definition) is 1. The molecule has 14 heavy (non-hydrogen) atoms. The van der Waals surface area contributed by atoms with Gasteiger partial charge in [0.25, 0.3) is 0 Å². The highest BCUT2D eigenvalue weighted by molar-refractivity contribution is 7.97. The number of nitrogens with zero attached hydrogens (tertiary/aromatic N) is 2. The third-order valence-corrected chi connectivity index (χ3v) is 2.77. The predicted molar refractivity (Wildman–Crippen MR) is 48.6 cm³/mol. The van der Waals surface area contributed by atoms with E-state index in [1.807, 2.05) is 0 Å². The van der Waals surface area contributed by atoms with E-state index < -0.39 is 15.8 Å². The van der Waals surface area contributed by atoms with Gasteiger partial charge in [0.1, 0.15) is 0 Å². The standard InChI is InChI=1S/C7H4N2O4S/c10-7(11)6-4-3-14(12,13)2-1-5(4)8-9-6/h1-3H,(H,10,11). The highest BCUT2D eigenvalue weighted by Crippen LogP contribution is 2.19. The lowest BCUT2D eigenvalue weighted by atomic mass is 10.1. The second-order valence-electron chi connectivity index (χ2n) is 2.66. The fraction of sp³-hybridized carbons (Fsp3) is 0. The number of allylic oxidation sites excluding steroid dienone is 1. The van der Waals surface area contributed by atoms with Gasteiger partial charge in [-0.3, -0.25) is 0 Å². The van der Waals surface area contributed by atoms with Crippen molar-refractivity contribution in [1.29, 1.82) is 0 Å². The summed E-state index contributed by atoms with van der Waals surface area (Å²) in [5.74, 6) is -1.29. The molecule has 0 spiro atoms. The second-order valence-corrected chi connectivity index (χ2v) is 4.35. The molecule has 0 fully saturated rings. The summed E-state index contributed by atoms with van der Waals surface area (Å²) >= 11 is 0. The number of carboxylic acid groups (broad SMARTS) is 1. The van der Waals surface area contributed by atoms with E-state index in [1.165, 1.54) is 6.08 Å². The highest BCUT2D eigenvalue weighted by Gasteiger charge is 2.28. The molecule has 0 amide bonds. The molecule has 0 radical (unpaired) electrons. The van der Waals surface area contributed by atoms with Crippen molar-refractivity contribution in [2.75, 3.05) is 0 Å². The molecule has 7 heteroatoms. The van der Waals surface area contributed by atoms with Crippen LogP contribution in [0.1, 0.15) is 0 Å². The van der Waals surface area contributed by atoms with Gasteiger partial charge in [-0.25, -0.2) is 13.2 Å². The maximum absolute atomic E-state index is 11.1. The molecule has 72 valence electrons. The lowest BCUT2D eigenvalue weighted by molar-refractivity contribution is -0.129. The third-order valence-electron chi connectivity index (χ3n) is 1.69. The van der Waals surface area contributed by atoms with Gasteiger partial charge in [-0.05, 0) is 6.08 Å². The Morgan fingerprint density at radius 1 is 1.36 bits per heavy atom. The van der Waals surface area contributed by atoms with Crippen LogP contribution in [0.25, 0.3) is 0 Å². The summed E-state index contributed by atoms with van der Waals surface area (Å²) in [6.45, 7) is 0. The van der Waals surface area contributed by atoms with Gasteiger partial charge >= 0.3 is 5.97 Å². The molecule has 2 heterocycles. The lowest BCUT2D eigenvalue weighted by Crippen LogP contribution is -2.19. The Balaban J connectivity index is 2.55. The zero-order chi connectivity index (χ0) is 10.3. The molecule has 0 aromatic rings. The topological polar surface area (TPSA) is 96.2 Å². The number of aliphatic carboxylic acids is 1. The number of carboxylic acids is 1. The van der Waals surface area contributed by atoms with Crippen molar-refractivity contribution in [2.45, 2.75) is 0 Å². The third kappa shape index (κ3) is 1.27. The molecule has 2 aliphatic heterocycles. The molecule has 0 bridgehead atoms. The van der Waals surface area contributed by atoms with Crippen LogP contribution in [0.2, 0.25) is 0 Å². The Hall–Kier alpha value is -1.76. The zero-order valence-electron chi connectivity index (χ0n) is 6.71. The van der Waals surface area contributed by atoms with Crippen molar-refractivity contribution in [3.8, 4) is 0 Å². The summed E-state index contributed by atoms with van der Waals surface area (Å²) in [6.07, 6.45) is 1.23. The van der Waals surface area contributed by atoms with E-state index in [4.69, 9.17) is 5.11 Å². The first-order valence-electron chi connectivity index (χ1n) is 3.54. The molecule has 0 unspecified atom stereocenters. The number of fused-ring (bicyclic) bond motifs is 1. The monoisotopic (exact) mass is 212 g/mol. The zero-order valence-corrected chi connectivity index (χ0v) is 7.52. The molecule has 0 aliphatic carbocycles. The van der Waals surface area contributed by atoms with Crippen molar-refractivity contribution in [2.24, 2.45) is 10.2 Å². The summed E-state index contributed by atoms with van der Waals surface area (Å²) in [4.78, 5) is 10.6. The molecular formula is C7H4N2O4S. The fourth-order valence-corrected chi connectivity index (χ4v) is 2.05. The van der Waals surface area contributed by atoms with Crippen LogP contribution in [0.4, 0.5) is 0 Å². The minimum absolute atomic E-state index is 0.0417. The van der Waals surface area contributed by atoms with E-state index in [-0.39, 0.29) is 17.0 Å². The molecule has 2 rings (SSSR count). The van der Waals surface area contributed by atoms with Gasteiger partial charge in [-0.2, -0.15) is 0 Å². The minimum Gasteiger partial charge on any atom is -0.476 e. The smallest absolute Gasteiger partial charge is 0.357 e. The van der Waals surface area contributed by atoms with Gasteiger partial charge in [-0.1, -0.05) is 0 Å². The number of rotatable bonds is 1. The van der Waals surface area contributed by atoms with Crippen molar-refractivity contribution >= 4 is 27.2 Å². The van der Waals surface area contributed by atoms with E-state index in [0.29, 0.717) is 0 Å². The van der Waals surface area contributed by atoms with Crippen LogP contribution >= 0.6 is 0 Å². The molecule has 0 aromatic heterocycles. The Kier molecular flexibility index (Phi) is 1.65. The second kappa shape index (κ2) is 2.61. The van der Waals surface area contributed by atoms with Gasteiger partial charge in [0.2, 0.25) is 0 Å². The first-order chi connectivity index (χ1) is 6.49. The molecule has 0 aromatic carbocycles. The average Bonchev–Trinajstić information content (AvgIpc) is 2.44.